The van der Waals surface area contributed by atoms with Crippen LogP contribution in [0.25, 0.3) is 0 Å². The van der Waals surface area contributed by atoms with E-state index in [0.717, 1.165) is 0 Å². The van der Waals surface area contributed by atoms with Gasteiger partial charge >= 0.3 is 5.97 Å². The van der Waals surface area contributed by atoms with Crippen LogP contribution in [0.15, 0.2) is 0 Å². The third-order valence-corrected chi connectivity index (χ3v) is 2.80. The summed E-state index contributed by atoms with van der Waals surface area (Å²) in [5.74, 6) is -1.17. The van der Waals surface area contributed by atoms with Gasteiger partial charge in [-0.2, -0.15) is 0 Å². The van der Waals surface area contributed by atoms with Crippen molar-refractivity contribution in [1.29, 1.82) is 0 Å². The molecule has 0 saturated carbocycles. The Kier molecular flexibility index (Phi) is 6.58. The van der Waals surface area contributed by atoms with E-state index in [1.54, 1.807) is 0 Å². The van der Waals surface area contributed by atoms with Gasteiger partial charge in [-0.15, -0.1) is 0 Å². The molecule has 102 valence electrons. The highest BCUT2D eigenvalue weighted by atomic mass is 16.4. The van der Waals surface area contributed by atoms with Gasteiger partial charge in [0, 0.05) is 0 Å². The van der Waals surface area contributed by atoms with Crippen LogP contribution in [0.5, 0.6) is 0 Å². The first kappa shape index (κ1) is 16.3. The maximum absolute atomic E-state index is 11.2. The quantitative estimate of drug-likeness (QED) is 0.333. The molecule has 0 radical (unpaired) electrons. The van der Waals surface area contributed by atoms with E-state index in [4.69, 9.17) is 25.5 Å². The molecule has 0 aliphatic rings. The molecule has 0 saturated heterocycles. The molecule has 0 unspecified atom stereocenters. The van der Waals surface area contributed by atoms with Gasteiger partial charge in [0.15, 0.2) is 0 Å². The lowest BCUT2D eigenvalue weighted by Crippen LogP contribution is -2.62. The Morgan fingerprint density at radius 2 is 1.29 bits per heavy atom. The van der Waals surface area contributed by atoms with Crippen LogP contribution >= 0.6 is 0 Å². The molecule has 0 aromatic carbocycles. The summed E-state index contributed by atoms with van der Waals surface area (Å²) >= 11 is 0. The van der Waals surface area contributed by atoms with Crippen molar-refractivity contribution in [2.45, 2.75) is 31.5 Å². The third-order valence-electron chi connectivity index (χ3n) is 2.80. The minimum Gasteiger partial charge on any atom is -0.480 e. The summed E-state index contributed by atoms with van der Waals surface area (Å²) in [6.07, 6.45) is 0. The highest BCUT2D eigenvalue weighted by molar-refractivity contribution is 5.77. The number of carboxylic acids is 1. The van der Waals surface area contributed by atoms with Crippen molar-refractivity contribution in [3.63, 3.8) is 0 Å². The molecule has 0 atom stereocenters. The van der Waals surface area contributed by atoms with E-state index in [2.05, 4.69) is 0 Å². The number of aliphatic hydroxyl groups excluding tert-OH is 4. The first-order chi connectivity index (χ1) is 7.86. The second kappa shape index (κ2) is 6.87. The molecule has 0 aromatic rings. The lowest BCUT2D eigenvalue weighted by molar-refractivity contribution is -0.157. The monoisotopic (exact) mass is 251 g/mol. The van der Waals surface area contributed by atoms with Gasteiger partial charge in [0.2, 0.25) is 0 Å². The van der Waals surface area contributed by atoms with Crippen LogP contribution in [-0.4, -0.2) is 80.5 Å². The van der Waals surface area contributed by atoms with Crippen molar-refractivity contribution in [2.24, 2.45) is 0 Å². The van der Waals surface area contributed by atoms with E-state index in [0.29, 0.717) is 0 Å². The number of carbonyl (C=O) groups is 1. The summed E-state index contributed by atoms with van der Waals surface area (Å²) in [4.78, 5) is 12.4. The molecule has 7 heteroatoms. The molecule has 0 fully saturated rings. The lowest BCUT2D eigenvalue weighted by atomic mass is 9.97. The van der Waals surface area contributed by atoms with E-state index < -0.39 is 50.0 Å². The Morgan fingerprint density at radius 1 is 1.00 bits per heavy atom. The van der Waals surface area contributed by atoms with Crippen molar-refractivity contribution in [1.82, 2.24) is 4.90 Å². The fraction of sp³-hybridized carbons (Fsp3) is 0.900. The van der Waals surface area contributed by atoms with Crippen LogP contribution in [0, 0.1) is 0 Å². The molecule has 0 spiro atoms. The second-order valence-corrected chi connectivity index (χ2v) is 4.31. The maximum Gasteiger partial charge on any atom is 0.323 e. The van der Waals surface area contributed by atoms with E-state index >= 15 is 0 Å². The van der Waals surface area contributed by atoms with Crippen LogP contribution < -0.4 is 0 Å². The molecule has 7 nitrogen and oxygen atoms in total. The lowest BCUT2D eigenvalue weighted by Gasteiger charge is -2.43. The zero-order valence-electron chi connectivity index (χ0n) is 10.1. The summed E-state index contributed by atoms with van der Waals surface area (Å²) in [5, 5.41) is 45.6. The molecule has 0 amide bonds. The molecule has 0 rings (SSSR count). The minimum atomic E-state index is -1.42. The Bertz CT molecular complexity index is 225. The smallest absolute Gasteiger partial charge is 0.323 e. The topological polar surface area (TPSA) is 121 Å². The Labute approximate surface area is 99.9 Å². The Balaban J connectivity index is 5.29. The number of carboxylic acid groups (broad SMARTS) is 1. The largest absolute Gasteiger partial charge is 0.480 e. The molecule has 5 N–H and O–H groups in total. The van der Waals surface area contributed by atoms with Gasteiger partial charge in [0.1, 0.15) is 5.54 Å². The number of hydrogen-bond acceptors (Lipinski definition) is 6. The normalized spacial score (nSPS) is 12.8. The van der Waals surface area contributed by atoms with E-state index in [-0.39, 0.29) is 0 Å². The molecule has 0 aliphatic carbocycles. The molecule has 17 heavy (non-hydrogen) atoms. The van der Waals surface area contributed by atoms with Crippen LogP contribution in [-0.2, 0) is 4.79 Å². The van der Waals surface area contributed by atoms with Crippen LogP contribution in [0.3, 0.4) is 0 Å². The summed E-state index contributed by atoms with van der Waals surface area (Å²) in [6.45, 7) is 0.888. The van der Waals surface area contributed by atoms with Crippen molar-refractivity contribution in [2.75, 3.05) is 26.4 Å². The van der Waals surface area contributed by atoms with Gasteiger partial charge in [-0.05, 0) is 13.8 Å². The van der Waals surface area contributed by atoms with Crippen LogP contribution in [0.4, 0.5) is 0 Å². The van der Waals surface area contributed by atoms with E-state index in [9.17, 15) is 4.79 Å². The summed E-state index contributed by atoms with van der Waals surface area (Å²) in [7, 11) is 0. The highest BCUT2D eigenvalue weighted by Gasteiger charge is 2.42. The van der Waals surface area contributed by atoms with Gasteiger partial charge < -0.3 is 25.5 Å². The predicted molar refractivity (Wildman–Crippen MR) is 59.5 cm³/mol. The SMILES string of the molecule is CC(C)(C(=O)O)N(C(CO)CO)C(CO)CO. The standard InChI is InChI=1S/C10H21NO6/c1-10(2,9(16)17)11(7(3-12)4-13)8(5-14)6-15/h7-8,12-15H,3-6H2,1-2H3,(H,16,17). The zero-order chi connectivity index (χ0) is 13.6. The Morgan fingerprint density at radius 3 is 1.47 bits per heavy atom. The van der Waals surface area contributed by atoms with Gasteiger partial charge in [-0.25, -0.2) is 0 Å². The van der Waals surface area contributed by atoms with E-state index in [1.165, 1.54) is 18.7 Å². The fourth-order valence-electron chi connectivity index (χ4n) is 1.79. The van der Waals surface area contributed by atoms with Gasteiger partial charge in [0.25, 0.3) is 0 Å². The molecule has 0 aromatic heterocycles. The average molecular weight is 251 g/mol. The van der Waals surface area contributed by atoms with Gasteiger partial charge in [-0.3, -0.25) is 9.69 Å². The molecule has 0 heterocycles. The number of rotatable bonds is 8. The number of aliphatic carboxylic acids is 1. The van der Waals surface area contributed by atoms with Crippen LogP contribution in [0.1, 0.15) is 13.8 Å². The Hall–Kier alpha value is -0.730. The summed E-state index contributed by atoms with van der Waals surface area (Å²) < 4.78 is 0. The first-order valence-electron chi connectivity index (χ1n) is 5.32. The molecular formula is C10H21NO6. The molecule has 0 aliphatic heterocycles. The van der Waals surface area contributed by atoms with Crippen LogP contribution in [0.2, 0.25) is 0 Å². The average Bonchev–Trinajstić information content (AvgIpc) is 2.29. The van der Waals surface area contributed by atoms with Gasteiger partial charge in [0.05, 0.1) is 38.5 Å². The fourth-order valence-corrected chi connectivity index (χ4v) is 1.79. The maximum atomic E-state index is 11.2. The first-order valence-corrected chi connectivity index (χ1v) is 5.32. The molecule has 0 bridgehead atoms. The summed E-state index contributed by atoms with van der Waals surface area (Å²) in [5.41, 5.74) is -1.42. The predicted octanol–water partition coefficient (Wildman–Crippen LogP) is -2.14. The van der Waals surface area contributed by atoms with E-state index in [1.807, 2.05) is 0 Å². The zero-order valence-corrected chi connectivity index (χ0v) is 10.1. The summed E-state index contributed by atoms with van der Waals surface area (Å²) in [6, 6.07) is -1.71. The van der Waals surface area contributed by atoms with Crippen molar-refractivity contribution in [3.8, 4) is 0 Å². The minimum absolute atomic E-state index is 0.469. The van der Waals surface area contributed by atoms with Gasteiger partial charge in [-0.1, -0.05) is 0 Å². The molecular weight excluding hydrogens is 230 g/mol. The number of nitrogens with zero attached hydrogens (tertiary/aromatic N) is 1. The number of aliphatic hydroxyl groups is 4. The van der Waals surface area contributed by atoms with Crippen molar-refractivity contribution in [3.05, 3.63) is 0 Å². The van der Waals surface area contributed by atoms with Crippen molar-refractivity contribution >= 4 is 5.97 Å². The third kappa shape index (κ3) is 3.62. The highest BCUT2D eigenvalue weighted by Crippen LogP contribution is 2.21. The number of hydrogen-bond donors (Lipinski definition) is 5. The van der Waals surface area contributed by atoms with Crippen molar-refractivity contribution < 1.29 is 30.3 Å². The second-order valence-electron chi connectivity index (χ2n) is 4.31.